The number of fused-ring (bicyclic) bond motifs is 2. The molecule has 2 aromatic heterocycles. The Balaban J connectivity index is 1.88. The number of nitrogens with zero attached hydrogens (tertiary/aromatic N) is 3. The molecule has 0 saturated carbocycles. The van der Waals surface area contributed by atoms with Crippen molar-refractivity contribution in [3.8, 4) is 0 Å². The van der Waals surface area contributed by atoms with Crippen molar-refractivity contribution in [1.82, 2.24) is 15.2 Å². The van der Waals surface area contributed by atoms with E-state index in [1.807, 2.05) is 6.07 Å². The second-order valence-electron chi connectivity index (χ2n) is 7.32. The lowest BCUT2D eigenvalue weighted by Crippen LogP contribution is -2.35. The molecule has 1 aliphatic rings. The van der Waals surface area contributed by atoms with Gasteiger partial charge in [0.05, 0.1) is 17.6 Å². The predicted octanol–water partition coefficient (Wildman–Crippen LogP) is 4.22. The zero-order chi connectivity index (χ0) is 19.1. The van der Waals surface area contributed by atoms with E-state index < -0.39 is 5.97 Å². The van der Waals surface area contributed by atoms with Crippen LogP contribution in [-0.4, -0.2) is 32.3 Å². The first-order valence-electron chi connectivity index (χ1n) is 9.06. The van der Waals surface area contributed by atoms with Gasteiger partial charge in [-0.3, -0.25) is 9.89 Å². The van der Waals surface area contributed by atoms with E-state index in [2.05, 4.69) is 28.9 Å². The molecule has 0 radical (unpaired) electrons. The van der Waals surface area contributed by atoms with E-state index in [0.717, 1.165) is 22.5 Å². The Kier molecular flexibility index (Phi) is 4.30. The van der Waals surface area contributed by atoms with E-state index in [9.17, 15) is 14.3 Å². The first-order chi connectivity index (χ1) is 13.0. The van der Waals surface area contributed by atoms with Gasteiger partial charge < -0.3 is 10.0 Å². The van der Waals surface area contributed by atoms with Crippen molar-refractivity contribution in [2.75, 3.05) is 4.90 Å². The van der Waals surface area contributed by atoms with Crippen molar-refractivity contribution >= 4 is 28.4 Å². The average molecular weight is 368 g/mol. The van der Waals surface area contributed by atoms with E-state index in [1.54, 1.807) is 18.3 Å². The van der Waals surface area contributed by atoms with Gasteiger partial charge in [-0.25, -0.2) is 9.37 Å². The molecule has 2 atom stereocenters. The normalized spacial score (nSPS) is 19.0. The van der Waals surface area contributed by atoms with Gasteiger partial charge in [0.25, 0.3) is 0 Å². The molecule has 0 amide bonds. The van der Waals surface area contributed by atoms with Crippen LogP contribution < -0.4 is 4.90 Å². The highest BCUT2D eigenvalue weighted by molar-refractivity contribution is 5.84. The quantitative estimate of drug-likeness (QED) is 0.704. The van der Waals surface area contributed by atoms with E-state index in [4.69, 9.17) is 4.98 Å². The number of aliphatic carboxylic acids is 1. The van der Waals surface area contributed by atoms with Gasteiger partial charge in [-0.05, 0) is 42.7 Å². The molecule has 0 saturated heterocycles. The minimum atomic E-state index is -0.818. The zero-order valence-corrected chi connectivity index (χ0v) is 15.2. The number of anilines is 2. The van der Waals surface area contributed by atoms with Crippen LogP contribution in [0.4, 0.5) is 15.8 Å². The van der Waals surface area contributed by atoms with Gasteiger partial charge in [0, 0.05) is 29.5 Å². The van der Waals surface area contributed by atoms with Gasteiger partial charge in [0.2, 0.25) is 0 Å². The van der Waals surface area contributed by atoms with Crippen molar-refractivity contribution in [1.29, 1.82) is 0 Å². The zero-order valence-electron chi connectivity index (χ0n) is 15.2. The molecule has 4 rings (SSSR count). The molecular formula is C20H21FN4O2. The number of aromatic nitrogens is 3. The van der Waals surface area contributed by atoms with E-state index in [1.165, 1.54) is 12.1 Å². The minimum absolute atomic E-state index is 0.0335. The van der Waals surface area contributed by atoms with Crippen LogP contribution in [0.1, 0.15) is 38.3 Å². The van der Waals surface area contributed by atoms with E-state index in [-0.39, 0.29) is 30.1 Å². The number of hydrogen-bond acceptors (Lipinski definition) is 4. The molecule has 140 valence electrons. The van der Waals surface area contributed by atoms with Crippen LogP contribution in [0.25, 0.3) is 11.0 Å². The molecule has 6 nitrogen and oxygen atoms in total. The van der Waals surface area contributed by atoms with Crippen molar-refractivity contribution in [3.05, 3.63) is 48.0 Å². The van der Waals surface area contributed by atoms with Crippen LogP contribution in [-0.2, 0) is 4.79 Å². The fraction of sp³-hybridized carbons (Fsp3) is 0.350. The Hall–Kier alpha value is -2.96. The lowest BCUT2D eigenvalue weighted by atomic mass is 9.86. The summed E-state index contributed by atoms with van der Waals surface area (Å²) in [5.74, 6) is -0.889. The predicted molar refractivity (Wildman–Crippen MR) is 101 cm³/mol. The molecule has 0 fully saturated rings. The van der Waals surface area contributed by atoms with E-state index in [0.29, 0.717) is 12.1 Å². The summed E-state index contributed by atoms with van der Waals surface area (Å²) in [6.45, 7) is 4.24. The monoisotopic (exact) mass is 368 g/mol. The third-order valence-corrected chi connectivity index (χ3v) is 5.21. The third-order valence-electron chi connectivity index (χ3n) is 5.21. The number of rotatable bonds is 5. The molecule has 0 spiro atoms. The lowest BCUT2D eigenvalue weighted by Gasteiger charge is -2.33. The fourth-order valence-corrected chi connectivity index (χ4v) is 4.11. The Morgan fingerprint density at radius 2 is 2.07 bits per heavy atom. The SMILES string of the molecule is CC(C)C1C(CCC(=O)O)c2nc3[nH]ncc3cc2N1c1ccc(F)cc1. The summed E-state index contributed by atoms with van der Waals surface area (Å²) >= 11 is 0. The maximum Gasteiger partial charge on any atom is 0.303 e. The fourth-order valence-electron chi connectivity index (χ4n) is 4.11. The first kappa shape index (κ1) is 17.5. The summed E-state index contributed by atoms with van der Waals surface area (Å²) in [5.41, 5.74) is 3.37. The molecule has 0 aliphatic carbocycles. The van der Waals surface area contributed by atoms with Crippen LogP contribution in [0, 0.1) is 11.7 Å². The Bertz CT molecular complexity index is 983. The molecule has 7 heteroatoms. The second-order valence-corrected chi connectivity index (χ2v) is 7.32. The minimum Gasteiger partial charge on any atom is -0.481 e. The number of nitrogens with one attached hydrogen (secondary N) is 1. The van der Waals surface area contributed by atoms with Crippen LogP contribution in [0.15, 0.2) is 36.5 Å². The highest BCUT2D eigenvalue weighted by atomic mass is 19.1. The number of H-pyrrole nitrogens is 1. The Morgan fingerprint density at radius 1 is 1.33 bits per heavy atom. The molecule has 3 aromatic rings. The van der Waals surface area contributed by atoms with Crippen molar-refractivity contribution in [2.45, 2.75) is 38.6 Å². The number of aromatic amines is 1. The number of carboxylic acids is 1. The summed E-state index contributed by atoms with van der Waals surface area (Å²) in [5, 5.41) is 17.0. The standard InChI is InChI=1S/C20H21FN4O2/c1-11(2)19-15(7-8-17(26)27)18-16(9-12-10-22-24-20(12)23-18)25(19)14-5-3-13(21)4-6-14/h3-6,9-11,15,19H,7-8H2,1-2H3,(H,26,27)(H,22,23,24). The summed E-state index contributed by atoms with van der Waals surface area (Å²) < 4.78 is 13.5. The van der Waals surface area contributed by atoms with Gasteiger partial charge in [0.1, 0.15) is 5.82 Å². The molecular weight excluding hydrogens is 347 g/mol. The van der Waals surface area contributed by atoms with Gasteiger partial charge in [0.15, 0.2) is 5.65 Å². The van der Waals surface area contributed by atoms with Gasteiger partial charge >= 0.3 is 5.97 Å². The van der Waals surface area contributed by atoms with Crippen molar-refractivity contribution < 1.29 is 14.3 Å². The molecule has 2 unspecified atom stereocenters. The largest absolute Gasteiger partial charge is 0.481 e. The van der Waals surface area contributed by atoms with Gasteiger partial charge in [-0.2, -0.15) is 5.10 Å². The van der Waals surface area contributed by atoms with Crippen LogP contribution >= 0.6 is 0 Å². The smallest absolute Gasteiger partial charge is 0.303 e. The summed E-state index contributed by atoms with van der Waals surface area (Å²) in [6, 6.07) is 8.47. The van der Waals surface area contributed by atoms with Gasteiger partial charge in [-0.1, -0.05) is 13.8 Å². The topological polar surface area (TPSA) is 82.1 Å². The summed E-state index contributed by atoms with van der Waals surface area (Å²) in [7, 11) is 0. The number of halogens is 1. The first-order valence-corrected chi connectivity index (χ1v) is 9.06. The number of hydrogen-bond donors (Lipinski definition) is 2. The van der Waals surface area contributed by atoms with E-state index >= 15 is 0 Å². The Labute approximate surface area is 156 Å². The number of benzene rings is 1. The van der Waals surface area contributed by atoms with Crippen LogP contribution in [0.2, 0.25) is 0 Å². The summed E-state index contributed by atoms with van der Waals surface area (Å²) in [6.07, 6.45) is 2.29. The number of pyridine rings is 1. The average Bonchev–Trinajstić information content (AvgIpc) is 3.20. The van der Waals surface area contributed by atoms with Crippen molar-refractivity contribution in [3.63, 3.8) is 0 Å². The van der Waals surface area contributed by atoms with Gasteiger partial charge in [-0.15, -0.1) is 0 Å². The number of carboxylic acid groups (broad SMARTS) is 1. The molecule has 1 aromatic carbocycles. The molecule has 27 heavy (non-hydrogen) atoms. The highest BCUT2D eigenvalue weighted by Crippen LogP contribution is 2.49. The van der Waals surface area contributed by atoms with Crippen LogP contribution in [0.5, 0.6) is 0 Å². The third kappa shape index (κ3) is 3.03. The van der Waals surface area contributed by atoms with Crippen LogP contribution in [0.3, 0.4) is 0 Å². The molecule has 1 aliphatic heterocycles. The maximum absolute atomic E-state index is 13.5. The highest BCUT2D eigenvalue weighted by Gasteiger charge is 2.42. The molecule has 2 N–H and O–H groups in total. The number of carbonyl (C=O) groups is 1. The lowest BCUT2D eigenvalue weighted by molar-refractivity contribution is -0.137. The molecule has 0 bridgehead atoms. The second kappa shape index (κ2) is 6.64. The van der Waals surface area contributed by atoms with Crippen molar-refractivity contribution in [2.24, 2.45) is 5.92 Å². The Morgan fingerprint density at radius 3 is 2.74 bits per heavy atom. The molecule has 3 heterocycles. The summed E-state index contributed by atoms with van der Waals surface area (Å²) in [4.78, 5) is 18.2. The maximum atomic E-state index is 13.5.